The summed E-state index contributed by atoms with van der Waals surface area (Å²) >= 11 is 0. The molecule has 1 atom stereocenters. The molecule has 240 valence electrons. The highest BCUT2D eigenvalue weighted by Crippen LogP contribution is 2.64. The lowest BCUT2D eigenvalue weighted by Crippen LogP contribution is -2.32. The molecule has 0 N–H and O–H groups in total. The number of para-hydroxylation sites is 2. The first-order valence-corrected chi connectivity index (χ1v) is 17.9. The van der Waals surface area contributed by atoms with Crippen molar-refractivity contribution in [1.82, 2.24) is 0 Å². The summed E-state index contributed by atoms with van der Waals surface area (Å²) in [7, 11) is 0. The molecule has 1 aromatic heterocycles. The molecule has 0 fully saturated rings. The summed E-state index contributed by atoms with van der Waals surface area (Å²) in [5.74, 6) is 1.04. The van der Waals surface area contributed by atoms with Crippen LogP contribution in [0.15, 0.2) is 180 Å². The number of rotatable bonds is 4. The van der Waals surface area contributed by atoms with E-state index in [1.54, 1.807) is 0 Å². The second kappa shape index (κ2) is 10.8. The Balaban J connectivity index is 1.06. The van der Waals surface area contributed by atoms with E-state index in [0.717, 1.165) is 29.1 Å². The molecule has 1 unspecified atom stereocenters. The Labute approximate surface area is 297 Å². The Hall–Kier alpha value is -6.38. The van der Waals surface area contributed by atoms with Gasteiger partial charge < -0.3 is 9.32 Å². The van der Waals surface area contributed by atoms with E-state index in [4.69, 9.17) is 4.42 Å². The Morgan fingerprint density at radius 2 is 1.04 bits per heavy atom. The predicted molar refractivity (Wildman–Crippen MR) is 209 cm³/mol. The highest BCUT2D eigenvalue weighted by Gasteiger charge is 2.52. The van der Waals surface area contributed by atoms with Crippen molar-refractivity contribution in [2.45, 2.75) is 17.9 Å². The van der Waals surface area contributed by atoms with Crippen LogP contribution in [0.1, 0.15) is 33.6 Å². The number of fused-ring (bicyclic) bond motifs is 13. The number of hydrogen-bond acceptors (Lipinski definition) is 2. The largest absolute Gasteiger partial charge is 0.460 e. The fourth-order valence-corrected chi connectivity index (χ4v) is 9.41. The molecule has 0 amide bonds. The van der Waals surface area contributed by atoms with Gasteiger partial charge in [0.15, 0.2) is 0 Å². The molecule has 51 heavy (non-hydrogen) atoms. The Kier molecular flexibility index (Phi) is 6.03. The SMILES string of the molecule is C1=CC(N(c2ccccc2)c2ccc(-c3cccc4c3C3(c5ccccc5-c5ccccc53)c3ccccc3-4)cc2)Cc2oc3ccccc3c21. The van der Waals surface area contributed by atoms with E-state index in [1.807, 2.05) is 6.07 Å². The van der Waals surface area contributed by atoms with Crippen LogP contribution in [0, 0.1) is 0 Å². The van der Waals surface area contributed by atoms with Crippen molar-refractivity contribution in [3.8, 4) is 33.4 Å². The van der Waals surface area contributed by atoms with Gasteiger partial charge in [-0.1, -0.05) is 152 Å². The Morgan fingerprint density at radius 3 is 1.75 bits per heavy atom. The van der Waals surface area contributed by atoms with E-state index >= 15 is 0 Å². The molecule has 0 radical (unpaired) electrons. The van der Waals surface area contributed by atoms with E-state index in [0.29, 0.717) is 0 Å². The Bertz CT molecular complexity index is 2620. The van der Waals surface area contributed by atoms with Crippen LogP contribution >= 0.6 is 0 Å². The fourth-order valence-electron chi connectivity index (χ4n) is 9.41. The van der Waals surface area contributed by atoms with Crippen LogP contribution in [-0.2, 0) is 11.8 Å². The van der Waals surface area contributed by atoms with Crippen LogP contribution < -0.4 is 4.90 Å². The third-order valence-electron chi connectivity index (χ3n) is 11.4. The van der Waals surface area contributed by atoms with Crippen molar-refractivity contribution in [1.29, 1.82) is 0 Å². The molecule has 0 saturated carbocycles. The third-order valence-corrected chi connectivity index (χ3v) is 11.4. The first-order chi connectivity index (χ1) is 25.3. The number of furan rings is 1. The topological polar surface area (TPSA) is 16.4 Å². The molecule has 3 aliphatic carbocycles. The normalized spacial score (nSPS) is 15.6. The lowest BCUT2D eigenvalue weighted by atomic mass is 9.68. The van der Waals surface area contributed by atoms with Gasteiger partial charge in [-0.25, -0.2) is 0 Å². The van der Waals surface area contributed by atoms with Gasteiger partial charge in [0.1, 0.15) is 11.3 Å². The summed E-state index contributed by atoms with van der Waals surface area (Å²) < 4.78 is 6.41. The zero-order chi connectivity index (χ0) is 33.5. The summed E-state index contributed by atoms with van der Waals surface area (Å²) in [4.78, 5) is 2.45. The average Bonchev–Trinajstić information content (AvgIpc) is 3.83. The zero-order valence-corrected chi connectivity index (χ0v) is 28.0. The average molecular weight is 652 g/mol. The van der Waals surface area contributed by atoms with Gasteiger partial charge in [-0.05, 0) is 86.0 Å². The number of nitrogens with zero attached hydrogens (tertiary/aromatic N) is 1. The molecule has 1 heterocycles. The molecule has 0 saturated heterocycles. The summed E-state index contributed by atoms with van der Waals surface area (Å²) in [5, 5.41) is 1.18. The Morgan fingerprint density at radius 1 is 0.490 bits per heavy atom. The lowest BCUT2D eigenvalue weighted by Gasteiger charge is -2.34. The van der Waals surface area contributed by atoms with Gasteiger partial charge in [0.05, 0.1) is 11.5 Å². The van der Waals surface area contributed by atoms with Crippen LogP contribution in [0.25, 0.3) is 50.4 Å². The van der Waals surface area contributed by atoms with Crippen molar-refractivity contribution in [3.05, 3.63) is 210 Å². The molecule has 3 aliphatic rings. The summed E-state index contributed by atoms with van der Waals surface area (Å²) in [6, 6.07) is 62.4. The second-order valence-corrected chi connectivity index (χ2v) is 13.9. The lowest BCUT2D eigenvalue weighted by molar-refractivity contribution is 0.529. The highest BCUT2D eigenvalue weighted by molar-refractivity contribution is 5.98. The minimum atomic E-state index is -0.387. The molecular weight excluding hydrogens is 619 g/mol. The van der Waals surface area contributed by atoms with Crippen LogP contribution in [0.2, 0.25) is 0 Å². The predicted octanol–water partition coefficient (Wildman–Crippen LogP) is 12.2. The van der Waals surface area contributed by atoms with Gasteiger partial charge in [0.2, 0.25) is 0 Å². The summed E-state index contributed by atoms with van der Waals surface area (Å²) in [6.07, 6.45) is 5.38. The molecular formula is C49H33NO. The number of benzene rings is 7. The number of anilines is 2. The van der Waals surface area contributed by atoms with Crippen LogP contribution in [0.5, 0.6) is 0 Å². The quantitative estimate of drug-likeness (QED) is 0.188. The van der Waals surface area contributed by atoms with E-state index in [2.05, 4.69) is 181 Å². The highest BCUT2D eigenvalue weighted by atomic mass is 16.3. The fraction of sp³-hybridized carbons (Fsp3) is 0.0612. The summed E-state index contributed by atoms with van der Waals surface area (Å²) in [6.45, 7) is 0. The smallest absolute Gasteiger partial charge is 0.134 e. The maximum atomic E-state index is 6.41. The summed E-state index contributed by atoms with van der Waals surface area (Å²) in [5.41, 5.74) is 17.3. The van der Waals surface area contributed by atoms with Crippen molar-refractivity contribution >= 4 is 28.4 Å². The van der Waals surface area contributed by atoms with Gasteiger partial charge in [-0.15, -0.1) is 0 Å². The molecule has 0 aliphatic heterocycles. The maximum absolute atomic E-state index is 6.41. The van der Waals surface area contributed by atoms with Gasteiger partial charge in [-0.3, -0.25) is 0 Å². The van der Waals surface area contributed by atoms with Crippen LogP contribution in [0.3, 0.4) is 0 Å². The molecule has 1 spiro atoms. The monoisotopic (exact) mass is 651 g/mol. The first kappa shape index (κ1) is 28.5. The maximum Gasteiger partial charge on any atom is 0.134 e. The standard InChI is InChI=1S/C49H33NO/c1-2-13-33(14-3-1)50(35-29-30-41-40-18-7-11-24-46(40)51-47(41)31-35)34-27-25-32(26-28-34)36-19-12-20-42-39-17-6-10-23-45(39)49(48(36)42)43-21-8-4-15-37(43)38-16-5-9-22-44(38)49/h1-30,35H,31H2. The van der Waals surface area contributed by atoms with Gasteiger partial charge >= 0.3 is 0 Å². The minimum absolute atomic E-state index is 0.108. The van der Waals surface area contributed by atoms with E-state index in [9.17, 15) is 0 Å². The van der Waals surface area contributed by atoms with Gasteiger partial charge in [-0.2, -0.15) is 0 Å². The molecule has 0 bridgehead atoms. The zero-order valence-electron chi connectivity index (χ0n) is 28.0. The molecule has 2 heteroatoms. The molecule has 11 rings (SSSR count). The number of hydrogen-bond donors (Lipinski definition) is 0. The van der Waals surface area contributed by atoms with E-state index < -0.39 is 0 Å². The van der Waals surface area contributed by atoms with Crippen molar-refractivity contribution in [3.63, 3.8) is 0 Å². The van der Waals surface area contributed by atoms with Gasteiger partial charge in [0, 0.05) is 28.7 Å². The van der Waals surface area contributed by atoms with Crippen molar-refractivity contribution in [2.75, 3.05) is 4.90 Å². The molecule has 8 aromatic rings. The van der Waals surface area contributed by atoms with Crippen LogP contribution in [-0.4, -0.2) is 6.04 Å². The van der Waals surface area contributed by atoms with Crippen molar-refractivity contribution < 1.29 is 4.42 Å². The third kappa shape index (κ3) is 3.93. The van der Waals surface area contributed by atoms with Crippen molar-refractivity contribution in [2.24, 2.45) is 0 Å². The van der Waals surface area contributed by atoms with E-state index in [-0.39, 0.29) is 11.5 Å². The minimum Gasteiger partial charge on any atom is -0.460 e. The first-order valence-electron chi connectivity index (χ1n) is 17.9. The van der Waals surface area contributed by atoms with Crippen LogP contribution in [0.4, 0.5) is 11.4 Å². The van der Waals surface area contributed by atoms with Gasteiger partial charge in [0.25, 0.3) is 0 Å². The second-order valence-electron chi connectivity index (χ2n) is 13.9. The molecule has 2 nitrogen and oxygen atoms in total. The molecule has 7 aromatic carbocycles. The van der Waals surface area contributed by atoms with E-state index in [1.165, 1.54) is 66.6 Å².